The van der Waals surface area contributed by atoms with Crippen molar-refractivity contribution in [2.45, 2.75) is 65.2 Å². The van der Waals surface area contributed by atoms with Gasteiger partial charge in [-0.05, 0) is 80.0 Å². The largest absolute Gasteiger partial charge is 0.242 e. The maximum Gasteiger partial charge on any atom is 0.124 e. The number of fused-ring (bicyclic) bond motifs is 4. The Morgan fingerprint density at radius 2 is 1.85 bits per heavy atom. The molecule has 2 heterocycles. The molecule has 0 N–H and O–H groups in total. The van der Waals surface area contributed by atoms with Crippen LogP contribution in [0.5, 0.6) is 0 Å². The van der Waals surface area contributed by atoms with Gasteiger partial charge in [-0.2, -0.15) is 0 Å². The zero-order valence-electron chi connectivity index (χ0n) is 15.9. The fourth-order valence-electron chi connectivity index (χ4n) is 4.92. The van der Waals surface area contributed by atoms with Crippen LogP contribution in [0.1, 0.15) is 59.9 Å². The third-order valence-corrected chi connectivity index (χ3v) is 7.67. The Balaban J connectivity index is 1.82. The highest BCUT2D eigenvalue weighted by Crippen LogP contribution is 2.45. The van der Waals surface area contributed by atoms with E-state index >= 15 is 0 Å². The number of benzene rings is 1. The van der Waals surface area contributed by atoms with Gasteiger partial charge in [-0.25, -0.2) is 4.98 Å². The number of hydrogen-bond donors (Lipinski definition) is 0. The van der Waals surface area contributed by atoms with Crippen molar-refractivity contribution in [2.75, 3.05) is 0 Å². The smallest absolute Gasteiger partial charge is 0.124 e. The quantitative estimate of drug-likeness (QED) is 0.497. The average Bonchev–Trinajstić information content (AvgIpc) is 3.04. The molecule has 1 aromatic carbocycles. The molecule has 2 aromatic heterocycles. The van der Waals surface area contributed by atoms with E-state index < -0.39 is 0 Å². The molecule has 0 spiro atoms. The second-order valence-electron chi connectivity index (χ2n) is 8.19. The lowest BCUT2D eigenvalue weighted by Gasteiger charge is -2.26. The van der Waals surface area contributed by atoms with Crippen molar-refractivity contribution in [1.29, 1.82) is 0 Å². The lowest BCUT2D eigenvalue weighted by molar-refractivity contribution is 0.441. The molecule has 1 unspecified atom stereocenters. The van der Waals surface area contributed by atoms with Gasteiger partial charge in [0.15, 0.2) is 0 Å². The SMILES string of the molecule is CCC1CCc2nc3sc4c(c3c(-c3ccc(C)cc3)c2C1)CCCC4. The van der Waals surface area contributed by atoms with Gasteiger partial charge in [-0.15, -0.1) is 11.3 Å². The summed E-state index contributed by atoms with van der Waals surface area (Å²) in [5.74, 6) is 0.820. The number of rotatable bonds is 2. The van der Waals surface area contributed by atoms with Gasteiger partial charge in [0, 0.05) is 16.0 Å². The topological polar surface area (TPSA) is 12.9 Å². The van der Waals surface area contributed by atoms with E-state index in [0.29, 0.717) is 0 Å². The maximum atomic E-state index is 5.21. The van der Waals surface area contributed by atoms with Gasteiger partial charge >= 0.3 is 0 Å². The van der Waals surface area contributed by atoms with E-state index in [1.54, 1.807) is 16.0 Å². The Labute approximate surface area is 160 Å². The summed E-state index contributed by atoms with van der Waals surface area (Å²) in [5, 5.41) is 1.50. The lowest BCUT2D eigenvalue weighted by atomic mass is 9.80. The lowest BCUT2D eigenvalue weighted by Crippen LogP contribution is -2.16. The van der Waals surface area contributed by atoms with Crippen molar-refractivity contribution in [3.05, 3.63) is 51.5 Å². The summed E-state index contributed by atoms with van der Waals surface area (Å²) < 4.78 is 0. The molecule has 26 heavy (non-hydrogen) atoms. The highest BCUT2D eigenvalue weighted by atomic mass is 32.1. The van der Waals surface area contributed by atoms with Crippen LogP contribution in [0.2, 0.25) is 0 Å². The van der Waals surface area contributed by atoms with Crippen molar-refractivity contribution in [2.24, 2.45) is 5.92 Å². The Bertz CT molecular complexity index is 964. The zero-order chi connectivity index (χ0) is 17.7. The van der Waals surface area contributed by atoms with Gasteiger partial charge in [-0.1, -0.05) is 43.2 Å². The van der Waals surface area contributed by atoms with E-state index in [1.807, 2.05) is 11.3 Å². The first-order valence-corrected chi connectivity index (χ1v) is 11.1. The molecule has 0 bridgehead atoms. The number of aromatic nitrogens is 1. The van der Waals surface area contributed by atoms with Crippen LogP contribution >= 0.6 is 11.3 Å². The average molecular weight is 362 g/mol. The van der Waals surface area contributed by atoms with Crippen LogP contribution in [-0.4, -0.2) is 4.98 Å². The summed E-state index contributed by atoms with van der Waals surface area (Å²) >= 11 is 1.98. The van der Waals surface area contributed by atoms with Crippen molar-refractivity contribution in [3.8, 4) is 11.1 Å². The van der Waals surface area contributed by atoms with Crippen LogP contribution in [-0.2, 0) is 25.7 Å². The second kappa shape index (κ2) is 6.49. The predicted molar refractivity (Wildman–Crippen MR) is 112 cm³/mol. The normalized spacial score (nSPS) is 19.4. The standard InChI is InChI=1S/C24H27NS/c1-3-16-10-13-20-19(14-16)22(17-11-8-15(2)9-12-17)23-18-6-4-5-7-21(18)26-24(23)25-20/h8-9,11-12,16H,3-7,10,13-14H2,1-2H3. The van der Waals surface area contributed by atoms with Gasteiger partial charge in [0.05, 0.1) is 0 Å². The van der Waals surface area contributed by atoms with E-state index in [0.717, 1.165) is 12.3 Å². The van der Waals surface area contributed by atoms with Gasteiger partial charge in [0.1, 0.15) is 4.83 Å². The molecule has 5 rings (SSSR count). The summed E-state index contributed by atoms with van der Waals surface area (Å²) in [6, 6.07) is 9.22. The van der Waals surface area contributed by atoms with Crippen LogP contribution in [0.15, 0.2) is 24.3 Å². The van der Waals surface area contributed by atoms with Crippen LogP contribution in [0, 0.1) is 12.8 Å². The Morgan fingerprint density at radius 1 is 1.04 bits per heavy atom. The first-order valence-electron chi connectivity index (χ1n) is 10.3. The fraction of sp³-hybridized carbons (Fsp3) is 0.458. The monoisotopic (exact) mass is 361 g/mol. The molecule has 2 aliphatic rings. The zero-order valence-corrected chi connectivity index (χ0v) is 16.7. The van der Waals surface area contributed by atoms with Crippen LogP contribution in [0.4, 0.5) is 0 Å². The number of pyridine rings is 1. The van der Waals surface area contributed by atoms with Gasteiger partial charge in [-0.3, -0.25) is 0 Å². The Morgan fingerprint density at radius 3 is 2.65 bits per heavy atom. The molecule has 2 heteroatoms. The van der Waals surface area contributed by atoms with Gasteiger partial charge in [0.2, 0.25) is 0 Å². The van der Waals surface area contributed by atoms with E-state index in [1.165, 1.54) is 77.5 Å². The minimum atomic E-state index is 0.820. The molecule has 0 saturated carbocycles. The first kappa shape index (κ1) is 16.5. The molecule has 1 atom stereocenters. The molecule has 134 valence electrons. The molecule has 1 nitrogen and oxygen atoms in total. The molecular formula is C24H27NS. The molecule has 0 amide bonds. The summed E-state index contributed by atoms with van der Waals surface area (Å²) in [6.07, 6.45) is 10.1. The molecule has 0 radical (unpaired) electrons. The van der Waals surface area contributed by atoms with Crippen LogP contribution < -0.4 is 0 Å². The summed E-state index contributed by atoms with van der Waals surface area (Å²) in [5.41, 5.74) is 8.85. The van der Waals surface area contributed by atoms with Crippen LogP contribution in [0.25, 0.3) is 21.3 Å². The van der Waals surface area contributed by atoms with Crippen LogP contribution in [0.3, 0.4) is 0 Å². The number of hydrogen-bond acceptors (Lipinski definition) is 2. The first-order chi connectivity index (χ1) is 12.7. The van der Waals surface area contributed by atoms with Crippen molar-refractivity contribution in [1.82, 2.24) is 4.98 Å². The summed E-state index contributed by atoms with van der Waals surface area (Å²) in [6.45, 7) is 4.53. The predicted octanol–water partition coefficient (Wildman–Crippen LogP) is 6.67. The number of aryl methyl sites for hydroxylation is 4. The molecule has 0 aliphatic heterocycles. The van der Waals surface area contributed by atoms with Crippen molar-refractivity contribution in [3.63, 3.8) is 0 Å². The highest BCUT2D eigenvalue weighted by Gasteiger charge is 2.27. The fourth-order valence-corrected chi connectivity index (χ4v) is 6.21. The number of thiophene rings is 1. The van der Waals surface area contributed by atoms with Crippen molar-refractivity contribution < 1.29 is 0 Å². The third kappa shape index (κ3) is 2.62. The molecule has 0 fully saturated rings. The van der Waals surface area contributed by atoms with Crippen molar-refractivity contribution >= 4 is 21.6 Å². The van der Waals surface area contributed by atoms with E-state index in [-0.39, 0.29) is 0 Å². The minimum absolute atomic E-state index is 0.820. The molecular weight excluding hydrogens is 334 g/mol. The maximum absolute atomic E-state index is 5.21. The van der Waals surface area contributed by atoms with E-state index in [4.69, 9.17) is 4.98 Å². The summed E-state index contributed by atoms with van der Waals surface area (Å²) in [4.78, 5) is 8.13. The molecule has 0 saturated heterocycles. The van der Waals surface area contributed by atoms with Gasteiger partial charge < -0.3 is 0 Å². The summed E-state index contributed by atoms with van der Waals surface area (Å²) in [7, 11) is 0. The van der Waals surface area contributed by atoms with E-state index in [9.17, 15) is 0 Å². The minimum Gasteiger partial charge on any atom is -0.242 e. The molecule has 2 aliphatic carbocycles. The highest BCUT2D eigenvalue weighted by molar-refractivity contribution is 7.19. The Hall–Kier alpha value is -1.67. The van der Waals surface area contributed by atoms with E-state index in [2.05, 4.69) is 38.1 Å². The third-order valence-electron chi connectivity index (χ3n) is 6.49. The van der Waals surface area contributed by atoms with Gasteiger partial charge in [0.25, 0.3) is 0 Å². The Kier molecular flexibility index (Phi) is 4.12. The molecule has 3 aromatic rings. The second-order valence-corrected chi connectivity index (χ2v) is 9.27. The number of nitrogens with zero attached hydrogens (tertiary/aromatic N) is 1.